The average Bonchev–Trinajstić information content (AvgIpc) is 3.79. The fraction of sp³-hybridized carbons (Fsp3) is 0.559. The van der Waals surface area contributed by atoms with Crippen molar-refractivity contribution in [1.82, 2.24) is 39.4 Å². The van der Waals surface area contributed by atoms with E-state index < -0.39 is 0 Å². The summed E-state index contributed by atoms with van der Waals surface area (Å²) < 4.78 is 27.4. The Morgan fingerprint density at radius 2 is 1.71 bits per heavy atom. The second-order valence-corrected chi connectivity index (χ2v) is 13.3. The van der Waals surface area contributed by atoms with Crippen LogP contribution in [0.1, 0.15) is 51.5 Å². The van der Waals surface area contributed by atoms with E-state index in [1.807, 2.05) is 25.1 Å². The van der Waals surface area contributed by atoms with Gasteiger partial charge in [-0.15, -0.1) is 5.10 Å². The van der Waals surface area contributed by atoms with Crippen LogP contribution in [0, 0.1) is 5.92 Å². The van der Waals surface area contributed by atoms with Gasteiger partial charge in [-0.25, -0.2) is 19.6 Å². The molecular weight excluding hydrogens is 634 g/mol. The Balaban J connectivity index is 1.03. The molecule has 0 bridgehead atoms. The SMILES string of the molecule is C[C@@H](Cn1cncn1)Oc1cc(-c2cnc(Nc3cn(C4CCC(N5CCOCC5)CC4)nc3OCC3CCOCC3)nc2)ccc1Cl. The van der Waals surface area contributed by atoms with Gasteiger partial charge in [0, 0.05) is 50.3 Å². The average molecular weight is 678 g/mol. The topological polar surface area (TPSA) is 126 Å². The third kappa shape index (κ3) is 8.25. The van der Waals surface area contributed by atoms with Gasteiger partial charge in [-0.1, -0.05) is 17.7 Å². The van der Waals surface area contributed by atoms with Crippen molar-refractivity contribution >= 4 is 23.2 Å². The van der Waals surface area contributed by atoms with E-state index in [-0.39, 0.29) is 6.10 Å². The van der Waals surface area contributed by atoms with Gasteiger partial charge >= 0.3 is 0 Å². The maximum Gasteiger partial charge on any atom is 0.256 e. The lowest BCUT2D eigenvalue weighted by Crippen LogP contribution is -2.45. The van der Waals surface area contributed by atoms with E-state index in [1.165, 1.54) is 6.33 Å². The highest BCUT2D eigenvalue weighted by atomic mass is 35.5. The normalized spacial score (nSPS) is 21.5. The zero-order valence-corrected chi connectivity index (χ0v) is 28.2. The van der Waals surface area contributed by atoms with Gasteiger partial charge in [-0.2, -0.15) is 5.10 Å². The summed E-state index contributed by atoms with van der Waals surface area (Å²) in [6, 6.07) is 6.62. The molecule has 1 N–H and O–H groups in total. The highest BCUT2D eigenvalue weighted by molar-refractivity contribution is 6.32. The van der Waals surface area contributed by atoms with Gasteiger partial charge in [-0.05, 0) is 69.1 Å². The van der Waals surface area contributed by atoms with Crippen molar-refractivity contribution in [2.45, 2.75) is 70.2 Å². The fourth-order valence-corrected chi connectivity index (χ4v) is 6.94. The van der Waals surface area contributed by atoms with E-state index in [0.29, 0.717) is 53.8 Å². The number of ether oxygens (including phenoxy) is 4. The molecule has 1 aliphatic carbocycles. The Morgan fingerprint density at radius 1 is 0.958 bits per heavy atom. The van der Waals surface area contributed by atoms with Crippen molar-refractivity contribution in [2.75, 3.05) is 51.4 Å². The summed E-state index contributed by atoms with van der Waals surface area (Å²) in [6.45, 7) is 8.43. The molecule has 3 fully saturated rings. The minimum absolute atomic E-state index is 0.161. The van der Waals surface area contributed by atoms with Crippen LogP contribution in [0.4, 0.5) is 11.6 Å². The first-order chi connectivity index (χ1) is 23.6. The van der Waals surface area contributed by atoms with E-state index in [2.05, 4.69) is 41.1 Å². The lowest BCUT2D eigenvalue weighted by atomic mass is 9.90. The summed E-state index contributed by atoms with van der Waals surface area (Å²) >= 11 is 6.48. The Kier molecular flexibility index (Phi) is 10.7. The number of halogens is 1. The summed E-state index contributed by atoms with van der Waals surface area (Å²) in [5.74, 6) is 2.10. The summed E-state index contributed by atoms with van der Waals surface area (Å²) in [7, 11) is 0. The molecule has 13 nitrogen and oxygen atoms in total. The predicted molar refractivity (Wildman–Crippen MR) is 181 cm³/mol. The molecular formula is C34H44ClN9O4. The molecule has 7 rings (SSSR count). The van der Waals surface area contributed by atoms with Crippen molar-refractivity contribution in [2.24, 2.45) is 5.92 Å². The maximum absolute atomic E-state index is 6.48. The Morgan fingerprint density at radius 3 is 2.46 bits per heavy atom. The number of anilines is 2. The van der Waals surface area contributed by atoms with Crippen molar-refractivity contribution in [3.63, 3.8) is 0 Å². The van der Waals surface area contributed by atoms with Gasteiger partial charge in [0.25, 0.3) is 5.88 Å². The largest absolute Gasteiger partial charge is 0.487 e. The minimum Gasteiger partial charge on any atom is -0.487 e. The zero-order valence-electron chi connectivity index (χ0n) is 27.4. The molecule has 1 aromatic carbocycles. The number of aromatic nitrogens is 7. The molecule has 4 aromatic rings. The predicted octanol–water partition coefficient (Wildman–Crippen LogP) is 5.42. The van der Waals surface area contributed by atoms with Crippen molar-refractivity contribution in [3.05, 3.63) is 54.5 Å². The van der Waals surface area contributed by atoms with Crippen LogP contribution in [0.5, 0.6) is 11.6 Å². The summed E-state index contributed by atoms with van der Waals surface area (Å²) in [5, 5.41) is 13.0. The third-order valence-electron chi connectivity index (χ3n) is 9.50. The number of hydrogen-bond donors (Lipinski definition) is 1. The molecule has 0 radical (unpaired) electrons. The number of nitrogens with zero attached hydrogens (tertiary/aromatic N) is 8. The summed E-state index contributed by atoms with van der Waals surface area (Å²) in [4.78, 5) is 15.9. The van der Waals surface area contributed by atoms with Crippen LogP contribution in [0.2, 0.25) is 5.02 Å². The monoisotopic (exact) mass is 677 g/mol. The number of hydrogen-bond acceptors (Lipinski definition) is 11. The highest BCUT2D eigenvalue weighted by Crippen LogP contribution is 2.36. The first kappa shape index (κ1) is 32.8. The standard InChI is InChI=1S/C34H44ClN9O4/c1-24(19-43-23-36-22-39-43)48-32-16-26(2-7-30(32)35)27-17-37-34(38-18-27)40-31-20-44(41-33(31)47-21-25-8-12-45-13-9-25)29-5-3-28(4-6-29)42-10-14-46-15-11-42/h2,7,16-18,20,22-25,28-29H,3-6,8-15,19,21H2,1H3,(H,37,38,40)/t24-,28?,29?/m0/s1. The van der Waals surface area contributed by atoms with E-state index in [0.717, 1.165) is 94.9 Å². The first-order valence-electron chi connectivity index (χ1n) is 17.1. The molecule has 2 aliphatic heterocycles. The molecule has 48 heavy (non-hydrogen) atoms. The lowest BCUT2D eigenvalue weighted by molar-refractivity contribution is 0.00501. The van der Waals surface area contributed by atoms with Gasteiger partial charge in [-0.3, -0.25) is 9.58 Å². The van der Waals surface area contributed by atoms with E-state index in [4.69, 9.17) is 35.6 Å². The van der Waals surface area contributed by atoms with Crippen molar-refractivity contribution in [3.8, 4) is 22.8 Å². The Bertz CT molecular complexity index is 1580. The molecule has 1 saturated carbocycles. The molecule has 1 atom stereocenters. The van der Waals surface area contributed by atoms with E-state index in [9.17, 15) is 0 Å². The fourth-order valence-electron chi connectivity index (χ4n) is 6.77. The van der Waals surface area contributed by atoms with Crippen LogP contribution in [-0.4, -0.2) is 97.7 Å². The molecule has 0 amide bonds. The Labute approximate surface area is 285 Å². The van der Waals surface area contributed by atoms with Crippen LogP contribution in [0.3, 0.4) is 0 Å². The highest BCUT2D eigenvalue weighted by Gasteiger charge is 2.29. The third-order valence-corrected chi connectivity index (χ3v) is 9.81. The smallest absolute Gasteiger partial charge is 0.256 e. The molecule has 3 aromatic heterocycles. The van der Waals surface area contributed by atoms with Crippen LogP contribution in [0.25, 0.3) is 11.1 Å². The number of benzene rings is 1. The van der Waals surface area contributed by atoms with Gasteiger partial charge in [0.2, 0.25) is 5.95 Å². The quantitative estimate of drug-likeness (QED) is 0.207. The van der Waals surface area contributed by atoms with E-state index >= 15 is 0 Å². The second kappa shape index (κ2) is 15.6. The first-order valence-corrected chi connectivity index (χ1v) is 17.4. The number of nitrogens with one attached hydrogen (secondary N) is 1. The van der Waals surface area contributed by atoms with Gasteiger partial charge < -0.3 is 24.3 Å². The van der Waals surface area contributed by atoms with Crippen LogP contribution < -0.4 is 14.8 Å². The molecule has 0 unspecified atom stereocenters. The van der Waals surface area contributed by atoms with Crippen LogP contribution in [-0.2, 0) is 16.0 Å². The molecule has 0 spiro atoms. The molecule has 5 heterocycles. The van der Waals surface area contributed by atoms with E-state index in [1.54, 1.807) is 23.4 Å². The Hall–Kier alpha value is -3.78. The molecule has 3 aliphatic rings. The summed E-state index contributed by atoms with van der Waals surface area (Å²) in [6.07, 6.45) is 15.1. The van der Waals surface area contributed by atoms with Crippen molar-refractivity contribution in [1.29, 1.82) is 0 Å². The zero-order chi connectivity index (χ0) is 32.7. The minimum atomic E-state index is -0.161. The summed E-state index contributed by atoms with van der Waals surface area (Å²) in [5.41, 5.74) is 2.51. The molecule has 256 valence electrons. The number of morpholine rings is 1. The van der Waals surface area contributed by atoms with Gasteiger partial charge in [0.1, 0.15) is 30.2 Å². The number of rotatable bonds is 12. The van der Waals surface area contributed by atoms with Gasteiger partial charge in [0.15, 0.2) is 0 Å². The van der Waals surface area contributed by atoms with Crippen LogP contribution in [0.15, 0.2) is 49.4 Å². The van der Waals surface area contributed by atoms with Gasteiger partial charge in [0.05, 0.1) is 43.6 Å². The molecule has 14 heteroatoms. The maximum atomic E-state index is 6.48. The second-order valence-electron chi connectivity index (χ2n) is 12.9. The van der Waals surface area contributed by atoms with Crippen molar-refractivity contribution < 1.29 is 18.9 Å². The lowest BCUT2D eigenvalue weighted by Gasteiger charge is -2.38. The molecule has 2 saturated heterocycles. The van der Waals surface area contributed by atoms with Crippen LogP contribution >= 0.6 is 11.6 Å².